The van der Waals surface area contributed by atoms with E-state index in [2.05, 4.69) is 54.1 Å². The monoisotopic (exact) mass is 221 g/mol. The van der Waals surface area contributed by atoms with Crippen LogP contribution in [0.2, 0.25) is 0 Å². The maximum Gasteiger partial charge on any atom is 0.0366 e. The summed E-state index contributed by atoms with van der Waals surface area (Å²) in [5.74, 6) is 0. The molecule has 0 saturated heterocycles. The van der Waals surface area contributed by atoms with Crippen molar-refractivity contribution >= 4 is 0 Å². The third-order valence-electron chi connectivity index (χ3n) is 2.32. The van der Waals surface area contributed by atoms with Crippen LogP contribution in [-0.2, 0) is 6.54 Å². The summed E-state index contributed by atoms with van der Waals surface area (Å²) >= 11 is 0. The number of benzene rings is 1. The Bertz CT molecular complexity index is 261. The molecule has 16 heavy (non-hydrogen) atoms. The van der Waals surface area contributed by atoms with Gasteiger partial charge in [-0.05, 0) is 18.4 Å². The fourth-order valence-electron chi connectivity index (χ4n) is 1.47. The van der Waals surface area contributed by atoms with Crippen LogP contribution in [-0.4, -0.2) is 18.2 Å². The van der Waals surface area contributed by atoms with Crippen molar-refractivity contribution in [2.45, 2.75) is 33.2 Å². The molecular weight excluding hydrogens is 198 g/mol. The van der Waals surface area contributed by atoms with Gasteiger partial charge in [0.1, 0.15) is 0 Å². The topological polar surface area (TPSA) is 27.3 Å². The molecule has 0 bridgehead atoms. The molecule has 1 rings (SSSR count). The summed E-state index contributed by atoms with van der Waals surface area (Å²) in [4.78, 5) is 0. The lowest BCUT2D eigenvalue weighted by Crippen LogP contribution is -2.48. The van der Waals surface area contributed by atoms with Crippen molar-refractivity contribution < 1.29 is 0 Å². The van der Waals surface area contributed by atoms with Gasteiger partial charge in [-0.15, -0.1) is 0 Å². The van der Waals surface area contributed by atoms with Crippen molar-refractivity contribution in [1.82, 2.24) is 16.0 Å². The Morgan fingerprint density at radius 3 is 2.38 bits per heavy atom. The maximum absolute atomic E-state index is 3.39. The summed E-state index contributed by atoms with van der Waals surface area (Å²) < 4.78 is 0. The van der Waals surface area contributed by atoms with Crippen LogP contribution in [0.1, 0.15) is 32.3 Å². The fraction of sp³-hybridized carbons (Fsp3) is 0.538. The first-order chi connectivity index (χ1) is 7.86. The van der Waals surface area contributed by atoms with E-state index in [-0.39, 0.29) is 0 Å². The zero-order valence-corrected chi connectivity index (χ0v) is 10.4. The first-order valence-electron chi connectivity index (χ1n) is 6.15. The Hall–Kier alpha value is -0.900. The predicted molar refractivity (Wildman–Crippen MR) is 68.6 cm³/mol. The summed E-state index contributed by atoms with van der Waals surface area (Å²) in [6.07, 6.45) is 2.28. The molecule has 3 nitrogen and oxygen atoms in total. The molecule has 0 aliphatic heterocycles. The Morgan fingerprint density at radius 2 is 1.75 bits per heavy atom. The van der Waals surface area contributed by atoms with Gasteiger partial charge in [0.25, 0.3) is 0 Å². The van der Waals surface area contributed by atoms with E-state index in [1.54, 1.807) is 0 Å². The van der Waals surface area contributed by atoms with E-state index in [0.29, 0.717) is 0 Å². The lowest BCUT2D eigenvalue weighted by atomic mass is 10.2. The van der Waals surface area contributed by atoms with Gasteiger partial charge in [0.05, 0.1) is 0 Å². The Balaban J connectivity index is 2.31. The normalized spacial score (nSPS) is 10.9. The standard InChI is InChI=1S/C13H23N3/c1-3-10-14-16(11-4-2)15-12-13-8-6-5-7-9-13/h5-9,14-15H,3-4,10-12H2,1-2H3. The summed E-state index contributed by atoms with van der Waals surface area (Å²) in [6, 6.07) is 10.5. The average molecular weight is 221 g/mol. The van der Waals surface area contributed by atoms with Crippen LogP contribution in [0.4, 0.5) is 0 Å². The molecule has 3 heteroatoms. The van der Waals surface area contributed by atoms with Crippen LogP contribution in [0.15, 0.2) is 30.3 Å². The minimum Gasteiger partial charge on any atom is -0.242 e. The molecule has 0 atom stereocenters. The van der Waals surface area contributed by atoms with Crippen LogP contribution in [0, 0.1) is 0 Å². The average Bonchev–Trinajstić information content (AvgIpc) is 2.34. The molecule has 0 aliphatic rings. The molecule has 2 N–H and O–H groups in total. The van der Waals surface area contributed by atoms with Gasteiger partial charge in [0.2, 0.25) is 0 Å². The molecule has 0 aromatic heterocycles. The van der Waals surface area contributed by atoms with Crippen molar-refractivity contribution in [3.63, 3.8) is 0 Å². The van der Waals surface area contributed by atoms with E-state index < -0.39 is 0 Å². The van der Waals surface area contributed by atoms with Crippen LogP contribution >= 0.6 is 0 Å². The summed E-state index contributed by atoms with van der Waals surface area (Å²) in [7, 11) is 0. The Labute approximate surface area is 98.8 Å². The maximum atomic E-state index is 3.39. The number of rotatable bonds is 8. The third kappa shape index (κ3) is 5.26. The molecule has 0 fully saturated rings. The molecule has 90 valence electrons. The largest absolute Gasteiger partial charge is 0.242 e. The van der Waals surface area contributed by atoms with E-state index in [9.17, 15) is 0 Å². The summed E-state index contributed by atoms with van der Waals surface area (Å²) in [5.41, 5.74) is 8.06. The van der Waals surface area contributed by atoms with Crippen LogP contribution in [0.25, 0.3) is 0 Å². The molecule has 0 radical (unpaired) electrons. The van der Waals surface area contributed by atoms with Crippen LogP contribution in [0.5, 0.6) is 0 Å². The van der Waals surface area contributed by atoms with Gasteiger partial charge in [-0.25, -0.2) is 10.9 Å². The molecule has 0 heterocycles. The van der Waals surface area contributed by atoms with Crippen molar-refractivity contribution in [2.24, 2.45) is 0 Å². The molecule has 1 aromatic carbocycles. The first-order valence-corrected chi connectivity index (χ1v) is 6.15. The second-order valence-electron chi connectivity index (χ2n) is 3.88. The molecule has 0 aliphatic carbocycles. The number of hydrogen-bond acceptors (Lipinski definition) is 3. The van der Waals surface area contributed by atoms with Crippen LogP contribution < -0.4 is 10.9 Å². The SMILES string of the molecule is CCCNN(CCC)NCc1ccccc1. The van der Waals surface area contributed by atoms with Gasteiger partial charge in [-0.1, -0.05) is 44.2 Å². The quantitative estimate of drug-likeness (QED) is 0.660. The van der Waals surface area contributed by atoms with Gasteiger partial charge in [0, 0.05) is 19.6 Å². The van der Waals surface area contributed by atoms with Gasteiger partial charge in [-0.2, -0.15) is 5.12 Å². The smallest absolute Gasteiger partial charge is 0.0366 e. The van der Waals surface area contributed by atoms with Gasteiger partial charge in [0.15, 0.2) is 0 Å². The molecule has 0 spiro atoms. The predicted octanol–water partition coefficient (Wildman–Crippen LogP) is 2.32. The fourth-order valence-corrected chi connectivity index (χ4v) is 1.47. The van der Waals surface area contributed by atoms with Crippen molar-refractivity contribution in [3.8, 4) is 0 Å². The van der Waals surface area contributed by atoms with Gasteiger partial charge in [-0.3, -0.25) is 0 Å². The Morgan fingerprint density at radius 1 is 1.00 bits per heavy atom. The van der Waals surface area contributed by atoms with E-state index in [4.69, 9.17) is 0 Å². The van der Waals surface area contributed by atoms with E-state index in [1.165, 1.54) is 5.56 Å². The van der Waals surface area contributed by atoms with Gasteiger partial charge >= 0.3 is 0 Å². The number of nitrogens with one attached hydrogen (secondary N) is 2. The van der Waals surface area contributed by atoms with Crippen LogP contribution in [0.3, 0.4) is 0 Å². The van der Waals surface area contributed by atoms with Crippen molar-refractivity contribution in [3.05, 3.63) is 35.9 Å². The minimum atomic E-state index is 0.873. The van der Waals surface area contributed by atoms with E-state index >= 15 is 0 Å². The highest BCUT2D eigenvalue weighted by Crippen LogP contribution is 1.97. The minimum absolute atomic E-state index is 0.873. The van der Waals surface area contributed by atoms with E-state index in [0.717, 1.165) is 32.5 Å². The highest BCUT2D eigenvalue weighted by atomic mass is 15.7. The first kappa shape index (κ1) is 13.2. The molecular formula is C13H23N3. The zero-order chi connectivity index (χ0) is 11.6. The number of hydrazine groups is 2. The van der Waals surface area contributed by atoms with E-state index in [1.807, 2.05) is 6.07 Å². The lowest BCUT2D eigenvalue weighted by Gasteiger charge is -2.23. The van der Waals surface area contributed by atoms with Crippen molar-refractivity contribution in [2.75, 3.05) is 13.1 Å². The molecule has 0 amide bonds. The highest BCUT2D eigenvalue weighted by molar-refractivity contribution is 5.13. The van der Waals surface area contributed by atoms with Crippen molar-refractivity contribution in [1.29, 1.82) is 0 Å². The number of nitrogens with zero attached hydrogens (tertiary/aromatic N) is 1. The third-order valence-corrected chi connectivity index (χ3v) is 2.32. The second kappa shape index (κ2) is 8.28. The van der Waals surface area contributed by atoms with Gasteiger partial charge < -0.3 is 0 Å². The number of hydrogen-bond donors (Lipinski definition) is 2. The zero-order valence-electron chi connectivity index (χ0n) is 10.4. The second-order valence-corrected chi connectivity index (χ2v) is 3.88. The highest BCUT2D eigenvalue weighted by Gasteiger charge is 2.00. The summed E-state index contributed by atoms with van der Waals surface area (Å²) in [5, 5.41) is 2.09. The molecule has 0 saturated carbocycles. The summed E-state index contributed by atoms with van der Waals surface area (Å²) in [6.45, 7) is 7.27. The Kier molecular flexibility index (Phi) is 6.81. The lowest BCUT2D eigenvalue weighted by molar-refractivity contribution is 0.110. The molecule has 0 unspecified atom stereocenters. The molecule has 1 aromatic rings.